The molecular formula is C22H34N4O. The van der Waals surface area contributed by atoms with Crippen LogP contribution in [-0.4, -0.2) is 54.1 Å². The third-order valence-corrected chi connectivity index (χ3v) is 6.92. The summed E-state index contributed by atoms with van der Waals surface area (Å²) in [5, 5.41) is 3.67. The average molecular weight is 371 g/mol. The third kappa shape index (κ3) is 4.29. The molecule has 0 spiro atoms. The van der Waals surface area contributed by atoms with Crippen molar-refractivity contribution in [2.75, 3.05) is 31.1 Å². The Hall–Kier alpha value is -1.62. The van der Waals surface area contributed by atoms with Gasteiger partial charge in [-0.05, 0) is 63.0 Å². The van der Waals surface area contributed by atoms with Crippen LogP contribution in [-0.2, 0) is 4.79 Å². The molecule has 3 fully saturated rings. The highest BCUT2D eigenvalue weighted by atomic mass is 16.2. The molecule has 3 heterocycles. The van der Waals surface area contributed by atoms with Gasteiger partial charge in [0.2, 0.25) is 5.91 Å². The minimum atomic E-state index is 0.0617. The van der Waals surface area contributed by atoms with Crippen molar-refractivity contribution < 1.29 is 4.79 Å². The monoisotopic (exact) mass is 370 g/mol. The second kappa shape index (κ2) is 8.59. The molecule has 5 nitrogen and oxygen atoms in total. The molecule has 3 unspecified atom stereocenters. The molecule has 1 aliphatic carbocycles. The molecule has 3 atom stereocenters. The molecule has 1 aromatic heterocycles. The van der Waals surface area contributed by atoms with Crippen LogP contribution in [0.4, 0.5) is 5.82 Å². The topological polar surface area (TPSA) is 48.5 Å². The van der Waals surface area contributed by atoms with E-state index in [0.29, 0.717) is 17.9 Å². The molecular weight excluding hydrogens is 336 g/mol. The van der Waals surface area contributed by atoms with Gasteiger partial charge >= 0.3 is 0 Å². The van der Waals surface area contributed by atoms with Crippen LogP contribution in [0.1, 0.15) is 51.9 Å². The lowest BCUT2D eigenvalue weighted by Gasteiger charge is -2.36. The van der Waals surface area contributed by atoms with Crippen molar-refractivity contribution in [2.24, 2.45) is 11.8 Å². The quantitative estimate of drug-likeness (QED) is 0.865. The van der Waals surface area contributed by atoms with Gasteiger partial charge in [-0.1, -0.05) is 18.9 Å². The zero-order valence-electron chi connectivity index (χ0n) is 16.6. The summed E-state index contributed by atoms with van der Waals surface area (Å²) in [5.41, 5.74) is 0. The first-order valence-electron chi connectivity index (χ1n) is 11.0. The van der Waals surface area contributed by atoms with Crippen LogP contribution in [0.25, 0.3) is 0 Å². The summed E-state index contributed by atoms with van der Waals surface area (Å²) < 4.78 is 0. The van der Waals surface area contributed by atoms with Crippen LogP contribution in [0.2, 0.25) is 0 Å². The van der Waals surface area contributed by atoms with Crippen molar-refractivity contribution in [3.8, 4) is 0 Å². The van der Waals surface area contributed by atoms with Gasteiger partial charge in [-0.2, -0.15) is 0 Å². The number of nitrogens with one attached hydrogen (secondary N) is 1. The lowest BCUT2D eigenvalue weighted by atomic mass is 9.85. The molecule has 2 saturated heterocycles. The smallest absolute Gasteiger partial charge is 0.239 e. The number of piperidine rings is 1. The Bertz CT molecular complexity index is 600. The number of carbonyl (C=O) groups excluding carboxylic acids is 1. The van der Waals surface area contributed by atoms with Gasteiger partial charge in [0.25, 0.3) is 0 Å². The van der Waals surface area contributed by atoms with E-state index in [-0.39, 0.29) is 6.04 Å². The van der Waals surface area contributed by atoms with Crippen molar-refractivity contribution in [1.82, 2.24) is 15.2 Å². The lowest BCUT2D eigenvalue weighted by Crippen LogP contribution is -2.48. The Morgan fingerprint density at radius 3 is 2.74 bits per heavy atom. The van der Waals surface area contributed by atoms with E-state index in [1.165, 1.54) is 25.7 Å². The molecule has 0 bridgehead atoms. The SMILES string of the molecule is CCN(CC1CCN(c2ccccn2)CC1)C(=O)C1CC2CCCCC2N1. The second-order valence-corrected chi connectivity index (χ2v) is 8.60. The van der Waals surface area contributed by atoms with Gasteiger partial charge in [-0.15, -0.1) is 0 Å². The summed E-state index contributed by atoms with van der Waals surface area (Å²) in [6.07, 6.45) is 10.4. The van der Waals surface area contributed by atoms with Crippen LogP contribution in [0.15, 0.2) is 24.4 Å². The van der Waals surface area contributed by atoms with Gasteiger partial charge in [0, 0.05) is 38.4 Å². The fourth-order valence-corrected chi connectivity index (χ4v) is 5.30. The van der Waals surface area contributed by atoms with Crippen LogP contribution in [0.3, 0.4) is 0 Å². The predicted molar refractivity (Wildman–Crippen MR) is 109 cm³/mol. The minimum Gasteiger partial charge on any atom is -0.357 e. The maximum absolute atomic E-state index is 13.1. The van der Waals surface area contributed by atoms with Crippen molar-refractivity contribution in [1.29, 1.82) is 0 Å². The summed E-state index contributed by atoms with van der Waals surface area (Å²) in [6, 6.07) is 6.76. The fraction of sp³-hybridized carbons (Fsp3) is 0.727. The standard InChI is InChI=1S/C22H34N4O/c1-2-25(22(27)20-15-18-7-3-4-8-19(18)24-20)16-17-10-13-26(14-11-17)21-9-5-6-12-23-21/h5-6,9,12,17-20,24H,2-4,7-8,10-11,13-16H2,1H3. The molecule has 2 aliphatic heterocycles. The van der Waals surface area contributed by atoms with E-state index in [1.807, 2.05) is 12.3 Å². The number of nitrogens with zero attached hydrogens (tertiary/aromatic N) is 3. The normalized spacial score (nSPS) is 28.8. The first-order chi connectivity index (χ1) is 13.2. The Morgan fingerprint density at radius 1 is 1.22 bits per heavy atom. The van der Waals surface area contributed by atoms with Crippen molar-refractivity contribution >= 4 is 11.7 Å². The highest BCUT2D eigenvalue weighted by molar-refractivity contribution is 5.82. The molecule has 5 heteroatoms. The molecule has 4 rings (SSSR count). The summed E-state index contributed by atoms with van der Waals surface area (Å²) in [7, 11) is 0. The summed E-state index contributed by atoms with van der Waals surface area (Å²) in [6.45, 7) is 5.95. The van der Waals surface area contributed by atoms with E-state index in [9.17, 15) is 4.79 Å². The number of fused-ring (bicyclic) bond motifs is 1. The van der Waals surface area contributed by atoms with Crippen molar-refractivity contribution in [3.63, 3.8) is 0 Å². The van der Waals surface area contributed by atoms with Crippen molar-refractivity contribution in [3.05, 3.63) is 24.4 Å². The Kier molecular flexibility index (Phi) is 5.96. The van der Waals surface area contributed by atoms with Gasteiger partial charge in [0.05, 0.1) is 6.04 Å². The number of hydrogen-bond donors (Lipinski definition) is 1. The molecule has 0 aromatic carbocycles. The molecule has 0 radical (unpaired) electrons. The molecule has 1 aromatic rings. The first-order valence-corrected chi connectivity index (χ1v) is 11.0. The summed E-state index contributed by atoms with van der Waals surface area (Å²) in [5.74, 6) is 2.77. The zero-order chi connectivity index (χ0) is 18.6. The highest BCUT2D eigenvalue weighted by Gasteiger charge is 2.39. The number of rotatable bonds is 5. The van der Waals surface area contributed by atoms with E-state index in [0.717, 1.165) is 57.2 Å². The highest BCUT2D eigenvalue weighted by Crippen LogP contribution is 2.34. The number of likely N-dealkylation sites (N-methyl/N-ethyl adjacent to an activating group) is 1. The van der Waals surface area contributed by atoms with E-state index >= 15 is 0 Å². The fourth-order valence-electron chi connectivity index (χ4n) is 5.30. The first kappa shape index (κ1) is 18.7. The molecule has 3 aliphatic rings. The number of aromatic nitrogens is 1. The van der Waals surface area contributed by atoms with E-state index in [2.05, 4.69) is 39.2 Å². The lowest BCUT2D eigenvalue weighted by molar-refractivity contribution is -0.133. The Balaban J connectivity index is 1.28. The van der Waals surface area contributed by atoms with E-state index < -0.39 is 0 Å². The van der Waals surface area contributed by atoms with Crippen LogP contribution in [0.5, 0.6) is 0 Å². The van der Waals surface area contributed by atoms with Crippen molar-refractivity contribution in [2.45, 2.75) is 64.0 Å². The Labute approximate surface area is 163 Å². The number of amides is 1. The van der Waals surface area contributed by atoms with Gasteiger partial charge in [0.1, 0.15) is 5.82 Å². The zero-order valence-corrected chi connectivity index (χ0v) is 16.6. The van der Waals surface area contributed by atoms with E-state index in [1.54, 1.807) is 0 Å². The molecule has 27 heavy (non-hydrogen) atoms. The molecule has 1 amide bonds. The molecule has 148 valence electrons. The Morgan fingerprint density at radius 2 is 2.04 bits per heavy atom. The maximum atomic E-state index is 13.1. The molecule has 1 saturated carbocycles. The summed E-state index contributed by atoms with van der Waals surface area (Å²) >= 11 is 0. The average Bonchev–Trinajstić information content (AvgIpc) is 3.17. The van der Waals surface area contributed by atoms with E-state index in [4.69, 9.17) is 0 Å². The number of anilines is 1. The number of hydrogen-bond acceptors (Lipinski definition) is 4. The van der Waals surface area contributed by atoms with Gasteiger partial charge in [0.15, 0.2) is 0 Å². The van der Waals surface area contributed by atoms with Gasteiger partial charge in [-0.25, -0.2) is 4.98 Å². The van der Waals surface area contributed by atoms with Crippen LogP contribution in [0, 0.1) is 11.8 Å². The number of pyridine rings is 1. The maximum Gasteiger partial charge on any atom is 0.239 e. The minimum absolute atomic E-state index is 0.0617. The van der Waals surface area contributed by atoms with Gasteiger partial charge < -0.3 is 15.1 Å². The van der Waals surface area contributed by atoms with Crippen LogP contribution >= 0.6 is 0 Å². The molecule has 1 N–H and O–H groups in total. The summed E-state index contributed by atoms with van der Waals surface area (Å²) in [4.78, 5) is 22.1. The van der Waals surface area contributed by atoms with Crippen LogP contribution < -0.4 is 10.2 Å². The second-order valence-electron chi connectivity index (χ2n) is 8.60. The predicted octanol–water partition coefficient (Wildman–Crippen LogP) is 3.07. The number of carbonyl (C=O) groups is 1. The van der Waals surface area contributed by atoms with Gasteiger partial charge in [-0.3, -0.25) is 4.79 Å². The third-order valence-electron chi connectivity index (χ3n) is 6.92. The largest absolute Gasteiger partial charge is 0.357 e.